The van der Waals surface area contributed by atoms with Gasteiger partial charge in [0, 0.05) is 22.2 Å². The molecular weight excluding hydrogens is 452 g/mol. The summed E-state index contributed by atoms with van der Waals surface area (Å²) in [6, 6.07) is 19.3. The number of nitrogens with zero attached hydrogens (tertiary/aromatic N) is 3. The molecular formula is C21H13BrN4O4. The van der Waals surface area contributed by atoms with Crippen LogP contribution in [0.1, 0.15) is 21.5 Å². The van der Waals surface area contributed by atoms with Crippen molar-refractivity contribution in [3.63, 3.8) is 0 Å². The number of carbonyl (C=O) groups excluding carboxylic acids is 1. The number of non-ortho nitro benzene ring substituents is 1. The first kappa shape index (κ1) is 20.7. The standard InChI is InChI=1S/C21H13BrN4O4/c22-17-3-1-2-15(10-17)21(27)25-24-13-14-4-7-19(8-5-14)30-20-9-6-18(26(28)29)11-16(20)12-23/h1-11,13H,(H,25,27). The van der Waals surface area contributed by atoms with E-state index in [4.69, 9.17) is 4.74 Å². The maximum absolute atomic E-state index is 12.0. The van der Waals surface area contributed by atoms with E-state index in [9.17, 15) is 20.2 Å². The van der Waals surface area contributed by atoms with Gasteiger partial charge in [0.05, 0.1) is 11.1 Å². The zero-order valence-electron chi connectivity index (χ0n) is 15.3. The minimum absolute atomic E-state index is 0.0603. The van der Waals surface area contributed by atoms with Crippen molar-refractivity contribution in [1.29, 1.82) is 5.26 Å². The van der Waals surface area contributed by atoms with E-state index in [1.807, 2.05) is 12.1 Å². The van der Waals surface area contributed by atoms with Crippen LogP contribution >= 0.6 is 15.9 Å². The molecule has 3 aromatic rings. The average Bonchev–Trinajstić information content (AvgIpc) is 2.75. The summed E-state index contributed by atoms with van der Waals surface area (Å²) in [5.41, 5.74) is 3.50. The van der Waals surface area contributed by atoms with Gasteiger partial charge < -0.3 is 4.74 Å². The highest BCUT2D eigenvalue weighted by Crippen LogP contribution is 2.28. The van der Waals surface area contributed by atoms with Gasteiger partial charge in [0.1, 0.15) is 23.1 Å². The van der Waals surface area contributed by atoms with Crippen LogP contribution in [0.5, 0.6) is 11.5 Å². The smallest absolute Gasteiger partial charge is 0.271 e. The molecule has 0 saturated heterocycles. The molecule has 3 rings (SSSR count). The molecule has 0 spiro atoms. The lowest BCUT2D eigenvalue weighted by molar-refractivity contribution is -0.384. The van der Waals surface area contributed by atoms with E-state index in [0.29, 0.717) is 16.9 Å². The Morgan fingerprint density at radius 2 is 1.93 bits per heavy atom. The topological polar surface area (TPSA) is 118 Å². The summed E-state index contributed by atoms with van der Waals surface area (Å²) in [6.45, 7) is 0. The third-order valence-electron chi connectivity index (χ3n) is 3.87. The van der Waals surface area contributed by atoms with Crippen LogP contribution < -0.4 is 10.2 Å². The van der Waals surface area contributed by atoms with Gasteiger partial charge >= 0.3 is 0 Å². The van der Waals surface area contributed by atoms with Gasteiger partial charge in [-0.3, -0.25) is 14.9 Å². The van der Waals surface area contributed by atoms with E-state index in [0.717, 1.165) is 10.5 Å². The lowest BCUT2D eigenvalue weighted by atomic mass is 10.2. The van der Waals surface area contributed by atoms with Gasteiger partial charge in [-0.1, -0.05) is 22.0 Å². The van der Waals surface area contributed by atoms with Crippen molar-refractivity contribution in [2.24, 2.45) is 5.10 Å². The number of nitrogens with one attached hydrogen (secondary N) is 1. The maximum atomic E-state index is 12.0. The third kappa shape index (κ3) is 5.27. The molecule has 148 valence electrons. The van der Waals surface area contributed by atoms with E-state index >= 15 is 0 Å². The quantitative estimate of drug-likeness (QED) is 0.319. The Hall–Kier alpha value is -4.03. The number of hydrogen-bond donors (Lipinski definition) is 1. The summed E-state index contributed by atoms with van der Waals surface area (Å²) in [6.07, 6.45) is 1.48. The number of nitro benzene ring substituents is 1. The lowest BCUT2D eigenvalue weighted by Gasteiger charge is -2.07. The van der Waals surface area contributed by atoms with Gasteiger partial charge in [-0.15, -0.1) is 0 Å². The zero-order valence-corrected chi connectivity index (χ0v) is 16.9. The molecule has 8 nitrogen and oxygen atoms in total. The number of carbonyl (C=O) groups is 1. The second-order valence-electron chi connectivity index (χ2n) is 5.93. The molecule has 9 heteroatoms. The Morgan fingerprint density at radius 3 is 2.60 bits per heavy atom. The SMILES string of the molecule is N#Cc1cc([N+](=O)[O-])ccc1Oc1ccc(C=NNC(=O)c2cccc(Br)c2)cc1. The van der Waals surface area contributed by atoms with Crippen molar-refractivity contribution in [3.05, 3.63) is 98.0 Å². The number of hydrogen-bond acceptors (Lipinski definition) is 6. The largest absolute Gasteiger partial charge is 0.456 e. The van der Waals surface area contributed by atoms with Gasteiger partial charge in [0.15, 0.2) is 0 Å². The molecule has 0 saturated carbocycles. The fourth-order valence-corrected chi connectivity index (χ4v) is 2.82. The summed E-state index contributed by atoms with van der Waals surface area (Å²) in [5, 5.41) is 23.9. The minimum atomic E-state index is -0.575. The Morgan fingerprint density at radius 1 is 1.17 bits per heavy atom. The normalized spacial score (nSPS) is 10.4. The fourth-order valence-electron chi connectivity index (χ4n) is 2.42. The first-order valence-corrected chi connectivity index (χ1v) is 9.31. The second kappa shape index (κ2) is 9.45. The van der Waals surface area contributed by atoms with E-state index in [2.05, 4.69) is 26.5 Å². The van der Waals surface area contributed by atoms with Crippen molar-refractivity contribution in [2.75, 3.05) is 0 Å². The van der Waals surface area contributed by atoms with Gasteiger partial charge in [-0.05, 0) is 54.1 Å². The number of hydrazone groups is 1. The molecule has 0 unspecified atom stereocenters. The zero-order chi connectivity index (χ0) is 21.5. The number of rotatable bonds is 6. The van der Waals surface area contributed by atoms with E-state index < -0.39 is 4.92 Å². The van der Waals surface area contributed by atoms with Gasteiger partial charge in [0.25, 0.3) is 11.6 Å². The Balaban J connectivity index is 1.64. The van der Waals surface area contributed by atoms with Crippen molar-refractivity contribution >= 4 is 33.7 Å². The van der Waals surface area contributed by atoms with E-state index in [-0.39, 0.29) is 22.9 Å². The number of nitro groups is 1. The molecule has 0 fully saturated rings. The van der Waals surface area contributed by atoms with Crippen molar-refractivity contribution in [3.8, 4) is 17.6 Å². The summed E-state index contributed by atoms with van der Waals surface area (Å²) in [4.78, 5) is 22.3. The van der Waals surface area contributed by atoms with Crippen LogP contribution in [0.4, 0.5) is 5.69 Å². The molecule has 3 aromatic carbocycles. The van der Waals surface area contributed by atoms with Gasteiger partial charge in [-0.25, -0.2) is 5.43 Å². The lowest BCUT2D eigenvalue weighted by Crippen LogP contribution is -2.17. The molecule has 1 amide bonds. The van der Waals surface area contributed by atoms with Crippen molar-refractivity contribution in [1.82, 2.24) is 5.43 Å². The Kier molecular flexibility index (Phi) is 6.52. The predicted octanol–water partition coefficient (Wildman–Crippen LogP) is 4.79. The molecule has 0 aliphatic rings. The first-order valence-electron chi connectivity index (χ1n) is 8.51. The van der Waals surface area contributed by atoms with Crippen LogP contribution in [-0.2, 0) is 0 Å². The number of ether oxygens (including phenoxy) is 1. The number of halogens is 1. The third-order valence-corrected chi connectivity index (χ3v) is 4.36. The first-order chi connectivity index (χ1) is 14.5. The number of benzene rings is 3. The molecule has 30 heavy (non-hydrogen) atoms. The van der Waals surface area contributed by atoms with Gasteiger partial charge in [-0.2, -0.15) is 10.4 Å². The Bertz CT molecular complexity index is 1170. The Labute approximate surface area is 179 Å². The monoisotopic (exact) mass is 464 g/mol. The van der Waals surface area contributed by atoms with Crippen LogP contribution in [-0.4, -0.2) is 17.0 Å². The molecule has 0 atom stereocenters. The van der Waals surface area contributed by atoms with E-state index in [1.54, 1.807) is 42.5 Å². The van der Waals surface area contributed by atoms with Crippen LogP contribution in [0.25, 0.3) is 0 Å². The van der Waals surface area contributed by atoms with Crippen molar-refractivity contribution in [2.45, 2.75) is 0 Å². The predicted molar refractivity (Wildman–Crippen MR) is 114 cm³/mol. The maximum Gasteiger partial charge on any atom is 0.271 e. The van der Waals surface area contributed by atoms with Crippen LogP contribution in [0.2, 0.25) is 0 Å². The van der Waals surface area contributed by atoms with Crippen molar-refractivity contribution < 1.29 is 14.5 Å². The molecule has 0 heterocycles. The highest BCUT2D eigenvalue weighted by molar-refractivity contribution is 9.10. The molecule has 1 N–H and O–H groups in total. The summed E-state index contributed by atoms with van der Waals surface area (Å²) >= 11 is 3.31. The average molecular weight is 465 g/mol. The highest BCUT2D eigenvalue weighted by atomic mass is 79.9. The molecule has 0 aliphatic heterocycles. The van der Waals surface area contributed by atoms with E-state index in [1.165, 1.54) is 18.3 Å². The molecule has 0 aromatic heterocycles. The van der Waals surface area contributed by atoms with Crippen LogP contribution in [0.15, 0.2) is 76.3 Å². The second-order valence-corrected chi connectivity index (χ2v) is 6.85. The van der Waals surface area contributed by atoms with Crippen LogP contribution in [0.3, 0.4) is 0 Å². The molecule has 0 bridgehead atoms. The summed E-state index contributed by atoms with van der Waals surface area (Å²) < 4.78 is 6.43. The molecule has 0 aliphatic carbocycles. The fraction of sp³-hybridized carbons (Fsp3) is 0. The van der Waals surface area contributed by atoms with Crippen LogP contribution in [0, 0.1) is 21.4 Å². The molecule has 0 radical (unpaired) electrons. The number of nitriles is 1. The highest BCUT2D eigenvalue weighted by Gasteiger charge is 2.12. The summed E-state index contributed by atoms with van der Waals surface area (Å²) in [7, 11) is 0. The minimum Gasteiger partial charge on any atom is -0.456 e. The van der Waals surface area contributed by atoms with Gasteiger partial charge in [0.2, 0.25) is 0 Å². The number of amides is 1. The summed E-state index contributed by atoms with van der Waals surface area (Å²) in [5.74, 6) is 0.316.